The van der Waals surface area contributed by atoms with E-state index in [0.717, 1.165) is 0 Å². The molecule has 37 heavy (non-hydrogen) atoms. The van der Waals surface area contributed by atoms with Crippen LogP contribution in [0.5, 0.6) is 46.0 Å². The third-order valence-electron chi connectivity index (χ3n) is 5.91. The molecule has 0 radical (unpaired) electrons. The molecule has 2 aromatic rings. The zero-order valence-corrected chi connectivity index (χ0v) is 19.6. The van der Waals surface area contributed by atoms with Crippen LogP contribution < -0.4 is 4.74 Å². The standard InChI is InChI=1S/C21H25ClO15/c1-2-36-20-16(31)12(27)7(13(28)17(20)32)21(34,35)6-8(22)14(29)11(26)5(10(6)25)19-18(33)15(30)9(24)4(3-23)37-19/h4,9,15,18-19,23-35H,2-3H2,1H3. The summed E-state index contributed by atoms with van der Waals surface area (Å²) in [4.78, 5) is 0. The molecular weight excluding hydrogens is 528 g/mol. The van der Waals surface area contributed by atoms with Crippen LogP contribution in [0.3, 0.4) is 0 Å². The summed E-state index contributed by atoms with van der Waals surface area (Å²) < 4.78 is 10.1. The van der Waals surface area contributed by atoms with Gasteiger partial charge in [0.05, 0.1) is 29.4 Å². The highest BCUT2D eigenvalue weighted by molar-refractivity contribution is 6.33. The fraction of sp³-hybridized carbons (Fsp3) is 0.429. The molecule has 1 fully saturated rings. The van der Waals surface area contributed by atoms with Crippen molar-refractivity contribution in [1.82, 2.24) is 0 Å². The topological polar surface area (TPSA) is 281 Å². The van der Waals surface area contributed by atoms with Gasteiger partial charge in [-0.1, -0.05) is 11.6 Å². The summed E-state index contributed by atoms with van der Waals surface area (Å²) in [6, 6.07) is 0. The summed E-state index contributed by atoms with van der Waals surface area (Å²) in [6.07, 6.45) is -9.64. The number of ether oxygens (including phenoxy) is 2. The molecular formula is C21H25ClO15. The molecule has 5 atom stereocenters. The predicted octanol–water partition coefficient (Wildman–Crippen LogP) is -1.62. The van der Waals surface area contributed by atoms with Gasteiger partial charge in [0, 0.05) is 0 Å². The maximum Gasteiger partial charge on any atom is 0.230 e. The zero-order chi connectivity index (χ0) is 28.1. The number of aliphatic hydroxyl groups excluding tert-OH is 4. The lowest BCUT2D eigenvalue weighted by Crippen LogP contribution is -2.55. The van der Waals surface area contributed by atoms with Crippen LogP contribution >= 0.6 is 11.6 Å². The van der Waals surface area contributed by atoms with Gasteiger partial charge in [0.25, 0.3) is 0 Å². The molecule has 1 aliphatic rings. The van der Waals surface area contributed by atoms with Gasteiger partial charge in [-0.05, 0) is 6.92 Å². The van der Waals surface area contributed by atoms with Crippen molar-refractivity contribution in [3.63, 3.8) is 0 Å². The minimum atomic E-state index is -3.87. The molecule has 0 aliphatic carbocycles. The molecule has 1 saturated heterocycles. The second-order valence-corrected chi connectivity index (χ2v) is 8.48. The second kappa shape index (κ2) is 9.96. The number of aliphatic hydroxyl groups is 6. The molecule has 16 heteroatoms. The second-order valence-electron chi connectivity index (χ2n) is 8.10. The highest BCUT2D eigenvalue weighted by atomic mass is 35.5. The zero-order valence-electron chi connectivity index (χ0n) is 18.8. The number of aromatic hydroxyl groups is 7. The molecule has 0 bridgehead atoms. The summed E-state index contributed by atoms with van der Waals surface area (Å²) in [7, 11) is 0. The van der Waals surface area contributed by atoms with Crippen molar-refractivity contribution in [1.29, 1.82) is 0 Å². The van der Waals surface area contributed by atoms with Crippen LogP contribution in [0.25, 0.3) is 0 Å². The average Bonchev–Trinajstić information content (AvgIpc) is 2.84. The first-order valence-electron chi connectivity index (χ1n) is 10.5. The Kier molecular flexibility index (Phi) is 7.65. The third kappa shape index (κ3) is 4.24. The van der Waals surface area contributed by atoms with Crippen molar-refractivity contribution >= 4 is 11.6 Å². The molecule has 0 amide bonds. The molecule has 5 unspecified atom stereocenters. The van der Waals surface area contributed by atoms with E-state index >= 15 is 0 Å². The Balaban J connectivity index is 2.33. The number of hydrogen-bond acceptors (Lipinski definition) is 15. The van der Waals surface area contributed by atoms with Gasteiger partial charge in [-0.2, -0.15) is 0 Å². The average molecular weight is 553 g/mol. The van der Waals surface area contributed by atoms with E-state index < -0.39 is 111 Å². The van der Waals surface area contributed by atoms with Crippen LogP contribution in [-0.2, 0) is 10.5 Å². The van der Waals surface area contributed by atoms with Crippen LogP contribution in [-0.4, -0.2) is 104 Å². The Hall–Kier alpha value is -3.15. The lowest BCUT2D eigenvalue weighted by Gasteiger charge is -2.41. The van der Waals surface area contributed by atoms with Gasteiger partial charge in [0.15, 0.2) is 23.0 Å². The van der Waals surface area contributed by atoms with Crippen LogP contribution in [0.15, 0.2) is 0 Å². The van der Waals surface area contributed by atoms with Crippen molar-refractivity contribution < 1.29 is 75.9 Å². The Morgan fingerprint density at radius 1 is 0.757 bits per heavy atom. The summed E-state index contributed by atoms with van der Waals surface area (Å²) >= 11 is 5.92. The number of benzene rings is 2. The number of halogens is 1. The van der Waals surface area contributed by atoms with E-state index in [1.165, 1.54) is 6.92 Å². The van der Waals surface area contributed by atoms with Crippen LogP contribution in [0.1, 0.15) is 29.7 Å². The minimum absolute atomic E-state index is 0.177. The van der Waals surface area contributed by atoms with Gasteiger partial charge >= 0.3 is 0 Å². The fourth-order valence-electron chi connectivity index (χ4n) is 4.04. The number of hydrogen-bond donors (Lipinski definition) is 13. The van der Waals surface area contributed by atoms with Gasteiger partial charge in [0.1, 0.15) is 41.8 Å². The van der Waals surface area contributed by atoms with E-state index in [4.69, 9.17) is 21.1 Å². The van der Waals surface area contributed by atoms with Crippen LogP contribution in [0.2, 0.25) is 5.02 Å². The molecule has 206 valence electrons. The molecule has 0 saturated carbocycles. The smallest absolute Gasteiger partial charge is 0.230 e. The van der Waals surface area contributed by atoms with E-state index in [-0.39, 0.29) is 6.61 Å². The maximum atomic E-state index is 10.9. The maximum absolute atomic E-state index is 10.9. The Labute approximate surface area is 212 Å². The largest absolute Gasteiger partial charge is 0.507 e. The van der Waals surface area contributed by atoms with Crippen molar-refractivity contribution in [3.8, 4) is 46.0 Å². The first kappa shape index (κ1) is 28.4. The number of phenolic OH excluding ortho intramolecular Hbond substituents is 7. The first-order valence-corrected chi connectivity index (χ1v) is 10.9. The quantitative estimate of drug-likeness (QED) is 0.109. The molecule has 3 rings (SSSR count). The summed E-state index contributed by atoms with van der Waals surface area (Å²) in [6.45, 7) is 0.316. The highest BCUT2D eigenvalue weighted by Crippen LogP contribution is 2.59. The highest BCUT2D eigenvalue weighted by Gasteiger charge is 2.50. The van der Waals surface area contributed by atoms with E-state index in [1.54, 1.807) is 0 Å². The molecule has 1 heterocycles. The lowest BCUT2D eigenvalue weighted by molar-refractivity contribution is -0.232. The fourth-order valence-corrected chi connectivity index (χ4v) is 4.35. The van der Waals surface area contributed by atoms with Crippen molar-refractivity contribution in [3.05, 3.63) is 21.7 Å². The summed E-state index contributed by atoms with van der Waals surface area (Å²) in [5.41, 5.74) is -3.86. The van der Waals surface area contributed by atoms with E-state index in [1.807, 2.05) is 0 Å². The first-order chi connectivity index (χ1) is 17.1. The molecule has 2 aromatic carbocycles. The predicted molar refractivity (Wildman–Crippen MR) is 119 cm³/mol. The SMILES string of the molecule is CCOc1c(O)c(O)c(C(O)(O)c2c(O)c(C3OC(CO)C(O)C(O)C3O)c(O)c(O)c2Cl)c(O)c1O. The molecule has 15 nitrogen and oxygen atoms in total. The van der Waals surface area contributed by atoms with Crippen LogP contribution in [0, 0.1) is 0 Å². The van der Waals surface area contributed by atoms with Gasteiger partial charge in [-0.15, -0.1) is 0 Å². The number of phenols is 7. The molecule has 1 aliphatic heterocycles. The molecule has 0 spiro atoms. The lowest BCUT2D eigenvalue weighted by atomic mass is 9.86. The van der Waals surface area contributed by atoms with Gasteiger partial charge in [0.2, 0.25) is 23.0 Å². The minimum Gasteiger partial charge on any atom is -0.507 e. The van der Waals surface area contributed by atoms with E-state index in [2.05, 4.69) is 0 Å². The van der Waals surface area contributed by atoms with Crippen molar-refractivity contribution in [2.45, 2.75) is 43.2 Å². The monoisotopic (exact) mass is 552 g/mol. The molecule has 13 N–H and O–H groups in total. The third-order valence-corrected chi connectivity index (χ3v) is 6.28. The Bertz CT molecular complexity index is 1170. The summed E-state index contributed by atoms with van der Waals surface area (Å²) in [5, 5.41) is 133. The van der Waals surface area contributed by atoms with Crippen molar-refractivity contribution in [2.24, 2.45) is 0 Å². The van der Waals surface area contributed by atoms with Gasteiger partial charge in [-0.25, -0.2) is 0 Å². The van der Waals surface area contributed by atoms with Crippen molar-refractivity contribution in [2.75, 3.05) is 13.2 Å². The Morgan fingerprint density at radius 2 is 1.30 bits per heavy atom. The molecule has 0 aromatic heterocycles. The Morgan fingerprint density at radius 3 is 1.78 bits per heavy atom. The van der Waals surface area contributed by atoms with Gasteiger partial charge in [-0.3, -0.25) is 0 Å². The van der Waals surface area contributed by atoms with E-state index in [9.17, 15) is 66.4 Å². The normalized spacial score (nSPS) is 24.3. The van der Waals surface area contributed by atoms with E-state index in [0.29, 0.717) is 0 Å². The number of rotatable bonds is 6. The summed E-state index contributed by atoms with van der Waals surface area (Å²) in [5.74, 6) is -14.3. The van der Waals surface area contributed by atoms with Gasteiger partial charge < -0.3 is 75.9 Å². The van der Waals surface area contributed by atoms with Crippen LogP contribution in [0.4, 0.5) is 0 Å².